The molecule has 0 saturated carbocycles. The van der Waals surface area contributed by atoms with E-state index in [1.807, 2.05) is 31.2 Å². The molecule has 0 bridgehead atoms. The maximum absolute atomic E-state index is 4.43. The monoisotopic (exact) mass is 267 g/mol. The van der Waals surface area contributed by atoms with Crippen molar-refractivity contribution in [1.82, 2.24) is 19.7 Å². The molecule has 0 atom stereocenters. The molecule has 5 nitrogen and oxygen atoms in total. The summed E-state index contributed by atoms with van der Waals surface area (Å²) in [6.45, 7) is 2.84. The fourth-order valence-electron chi connectivity index (χ4n) is 2.36. The normalized spacial score (nSPS) is 10.9. The number of hydrogen-bond acceptors (Lipinski definition) is 4. The van der Waals surface area contributed by atoms with Crippen molar-refractivity contribution >= 4 is 16.7 Å². The summed E-state index contributed by atoms with van der Waals surface area (Å²) >= 11 is 0. The number of nitrogens with zero attached hydrogens (tertiary/aromatic N) is 5. The van der Waals surface area contributed by atoms with Crippen molar-refractivity contribution < 1.29 is 0 Å². The summed E-state index contributed by atoms with van der Waals surface area (Å²) < 4.78 is 1.81. The van der Waals surface area contributed by atoms with Gasteiger partial charge in [0.1, 0.15) is 12.1 Å². The topological polar surface area (TPSA) is 46.8 Å². The predicted molar refractivity (Wildman–Crippen MR) is 79.6 cm³/mol. The van der Waals surface area contributed by atoms with E-state index in [-0.39, 0.29) is 0 Å². The van der Waals surface area contributed by atoms with E-state index in [0.717, 1.165) is 28.8 Å². The number of hydrogen-bond donors (Lipinski definition) is 0. The zero-order valence-corrected chi connectivity index (χ0v) is 11.9. The van der Waals surface area contributed by atoms with Crippen LogP contribution in [0.25, 0.3) is 10.9 Å². The Balaban J connectivity index is 1.96. The molecule has 0 saturated heterocycles. The van der Waals surface area contributed by atoms with Crippen molar-refractivity contribution in [3.05, 3.63) is 48.0 Å². The molecule has 3 rings (SSSR count). The zero-order chi connectivity index (χ0) is 14.1. The highest BCUT2D eigenvalue weighted by Crippen LogP contribution is 2.23. The van der Waals surface area contributed by atoms with E-state index in [4.69, 9.17) is 0 Å². The first kappa shape index (κ1) is 12.6. The van der Waals surface area contributed by atoms with Crippen molar-refractivity contribution in [2.45, 2.75) is 13.5 Å². The fourth-order valence-corrected chi connectivity index (χ4v) is 2.36. The molecular weight excluding hydrogens is 250 g/mol. The van der Waals surface area contributed by atoms with Crippen LogP contribution in [-0.4, -0.2) is 26.8 Å². The van der Waals surface area contributed by atoms with Gasteiger partial charge in [-0.25, -0.2) is 9.97 Å². The second-order valence-corrected chi connectivity index (χ2v) is 5.10. The average Bonchev–Trinajstić information content (AvgIpc) is 2.83. The molecule has 20 heavy (non-hydrogen) atoms. The summed E-state index contributed by atoms with van der Waals surface area (Å²) in [5.74, 6) is 0.943. The summed E-state index contributed by atoms with van der Waals surface area (Å²) in [6, 6.07) is 6.26. The Morgan fingerprint density at radius 2 is 2.10 bits per heavy atom. The van der Waals surface area contributed by atoms with E-state index in [1.165, 1.54) is 5.56 Å². The van der Waals surface area contributed by atoms with Crippen LogP contribution >= 0.6 is 0 Å². The number of aromatic nitrogens is 4. The maximum atomic E-state index is 4.43. The summed E-state index contributed by atoms with van der Waals surface area (Å²) in [5, 5.41) is 5.27. The third-order valence-corrected chi connectivity index (χ3v) is 3.31. The van der Waals surface area contributed by atoms with E-state index in [2.05, 4.69) is 45.1 Å². The van der Waals surface area contributed by atoms with Gasteiger partial charge in [0.2, 0.25) is 0 Å². The van der Waals surface area contributed by atoms with Gasteiger partial charge in [-0.1, -0.05) is 6.07 Å². The third-order valence-electron chi connectivity index (χ3n) is 3.31. The molecule has 0 amide bonds. The highest BCUT2D eigenvalue weighted by molar-refractivity contribution is 5.89. The standard InChI is InChI=1S/C15H17N5/c1-11-4-5-13-14(6-11)16-10-17-15(13)19(2)8-12-7-18-20(3)9-12/h4-7,9-10H,8H2,1-3H3. The first-order valence-electron chi connectivity index (χ1n) is 6.53. The quantitative estimate of drug-likeness (QED) is 0.730. The van der Waals surface area contributed by atoms with E-state index in [0.29, 0.717) is 0 Å². The second-order valence-electron chi connectivity index (χ2n) is 5.10. The van der Waals surface area contributed by atoms with Crippen molar-refractivity contribution in [2.24, 2.45) is 7.05 Å². The lowest BCUT2D eigenvalue weighted by Gasteiger charge is -2.18. The Kier molecular flexibility index (Phi) is 3.10. The summed E-state index contributed by atoms with van der Waals surface area (Å²) in [7, 11) is 3.96. The van der Waals surface area contributed by atoms with Crippen LogP contribution in [0.4, 0.5) is 5.82 Å². The minimum Gasteiger partial charge on any atom is -0.355 e. The van der Waals surface area contributed by atoms with Gasteiger partial charge in [-0.2, -0.15) is 5.10 Å². The highest BCUT2D eigenvalue weighted by atomic mass is 15.2. The molecule has 3 aromatic rings. The van der Waals surface area contributed by atoms with Crippen molar-refractivity contribution in [3.8, 4) is 0 Å². The van der Waals surface area contributed by atoms with Crippen molar-refractivity contribution in [2.75, 3.05) is 11.9 Å². The largest absolute Gasteiger partial charge is 0.355 e. The first-order chi connectivity index (χ1) is 9.63. The van der Waals surface area contributed by atoms with E-state index in [9.17, 15) is 0 Å². The van der Waals surface area contributed by atoms with Gasteiger partial charge in [0, 0.05) is 37.8 Å². The molecule has 0 aliphatic carbocycles. The molecule has 0 spiro atoms. The van der Waals surface area contributed by atoms with Crippen LogP contribution < -0.4 is 4.90 Å². The number of fused-ring (bicyclic) bond motifs is 1. The van der Waals surface area contributed by atoms with Gasteiger partial charge in [0.15, 0.2) is 0 Å². The predicted octanol–water partition coefficient (Wildman–Crippen LogP) is 2.31. The van der Waals surface area contributed by atoms with Crippen LogP contribution in [0.15, 0.2) is 36.9 Å². The third kappa shape index (κ3) is 2.34. The Labute approximate surface area is 117 Å². The van der Waals surface area contributed by atoms with E-state index in [1.54, 1.807) is 6.33 Å². The first-order valence-corrected chi connectivity index (χ1v) is 6.53. The van der Waals surface area contributed by atoms with Gasteiger partial charge in [0.05, 0.1) is 11.7 Å². The molecule has 1 aromatic carbocycles. The van der Waals surface area contributed by atoms with E-state index < -0.39 is 0 Å². The van der Waals surface area contributed by atoms with Crippen LogP contribution in [-0.2, 0) is 13.6 Å². The van der Waals surface area contributed by atoms with Gasteiger partial charge in [-0.15, -0.1) is 0 Å². The average molecular weight is 267 g/mol. The number of anilines is 1. The Morgan fingerprint density at radius 1 is 1.25 bits per heavy atom. The second kappa shape index (κ2) is 4.92. The number of benzene rings is 1. The Hall–Kier alpha value is -2.43. The number of aryl methyl sites for hydroxylation is 2. The minimum absolute atomic E-state index is 0.772. The van der Waals surface area contributed by atoms with Gasteiger partial charge < -0.3 is 4.90 Å². The van der Waals surface area contributed by atoms with Crippen molar-refractivity contribution in [1.29, 1.82) is 0 Å². The van der Waals surface area contributed by atoms with Crippen LogP contribution in [0, 0.1) is 6.92 Å². The van der Waals surface area contributed by atoms with Gasteiger partial charge in [-0.3, -0.25) is 4.68 Å². The minimum atomic E-state index is 0.772. The Morgan fingerprint density at radius 3 is 2.85 bits per heavy atom. The van der Waals surface area contributed by atoms with Crippen LogP contribution in [0.1, 0.15) is 11.1 Å². The zero-order valence-electron chi connectivity index (χ0n) is 11.9. The fraction of sp³-hybridized carbons (Fsp3) is 0.267. The smallest absolute Gasteiger partial charge is 0.139 e. The lowest BCUT2D eigenvalue weighted by atomic mass is 10.1. The molecule has 2 heterocycles. The molecule has 0 unspecified atom stereocenters. The highest BCUT2D eigenvalue weighted by Gasteiger charge is 2.10. The van der Waals surface area contributed by atoms with Gasteiger partial charge in [-0.05, 0) is 24.6 Å². The summed E-state index contributed by atoms with van der Waals surface area (Å²) in [6.07, 6.45) is 5.52. The van der Waals surface area contributed by atoms with Gasteiger partial charge >= 0.3 is 0 Å². The molecule has 5 heteroatoms. The van der Waals surface area contributed by atoms with E-state index >= 15 is 0 Å². The molecule has 0 fully saturated rings. The SMILES string of the molecule is Cc1ccc2c(N(C)Cc3cnn(C)c3)ncnc2c1. The van der Waals surface area contributed by atoms with Crippen molar-refractivity contribution in [3.63, 3.8) is 0 Å². The van der Waals surface area contributed by atoms with Crippen LogP contribution in [0.3, 0.4) is 0 Å². The van der Waals surface area contributed by atoms with Gasteiger partial charge in [0.25, 0.3) is 0 Å². The van der Waals surface area contributed by atoms with Crippen LogP contribution in [0.5, 0.6) is 0 Å². The molecule has 0 N–H and O–H groups in total. The Bertz CT molecular complexity index is 747. The molecular formula is C15H17N5. The summed E-state index contributed by atoms with van der Waals surface area (Å²) in [4.78, 5) is 10.9. The molecule has 102 valence electrons. The molecule has 0 radical (unpaired) electrons. The molecule has 0 aliphatic rings. The lowest BCUT2D eigenvalue weighted by Crippen LogP contribution is -2.17. The van der Waals surface area contributed by atoms with Crippen LogP contribution in [0.2, 0.25) is 0 Å². The number of rotatable bonds is 3. The molecule has 2 aromatic heterocycles. The maximum Gasteiger partial charge on any atom is 0.139 e. The molecule has 0 aliphatic heterocycles. The lowest BCUT2D eigenvalue weighted by molar-refractivity contribution is 0.766. The summed E-state index contributed by atoms with van der Waals surface area (Å²) in [5.41, 5.74) is 3.35.